The standard InChI is InChI=1S/C26H25NO5/c1-2-31-18-9-7-8-17(14-18)24(15-25(28)29)27-26(30)32-16-23-21-12-5-3-10-19(21)20-11-4-6-13-22(20)23/h3-14,23-24H,2,15-16H2,1H3,(H,27,30)(H,28,29)/t24-/m0/s1. The molecule has 6 nitrogen and oxygen atoms in total. The summed E-state index contributed by atoms with van der Waals surface area (Å²) in [4.78, 5) is 24.0. The number of amides is 1. The second kappa shape index (κ2) is 9.56. The topological polar surface area (TPSA) is 84.9 Å². The van der Waals surface area contributed by atoms with Crippen molar-refractivity contribution in [3.05, 3.63) is 89.5 Å². The van der Waals surface area contributed by atoms with Crippen LogP contribution in [0.5, 0.6) is 5.75 Å². The highest BCUT2D eigenvalue weighted by Crippen LogP contribution is 2.44. The van der Waals surface area contributed by atoms with Crippen LogP contribution in [0, 0.1) is 0 Å². The van der Waals surface area contributed by atoms with Crippen molar-refractivity contribution in [1.29, 1.82) is 0 Å². The third-order valence-corrected chi connectivity index (χ3v) is 5.59. The van der Waals surface area contributed by atoms with Gasteiger partial charge in [0.2, 0.25) is 0 Å². The van der Waals surface area contributed by atoms with E-state index in [4.69, 9.17) is 9.47 Å². The Morgan fingerprint density at radius 1 is 0.969 bits per heavy atom. The van der Waals surface area contributed by atoms with Crippen LogP contribution in [-0.4, -0.2) is 30.4 Å². The summed E-state index contributed by atoms with van der Waals surface area (Å²) in [6, 6.07) is 22.5. The SMILES string of the molecule is CCOc1cccc([C@H](CC(=O)O)NC(=O)OCC2c3ccccc3-c3ccccc32)c1. The maximum atomic E-state index is 12.6. The maximum absolute atomic E-state index is 12.6. The Kier molecular flexibility index (Phi) is 6.40. The van der Waals surface area contributed by atoms with Gasteiger partial charge in [0.1, 0.15) is 12.4 Å². The van der Waals surface area contributed by atoms with Crippen LogP contribution in [0.3, 0.4) is 0 Å². The van der Waals surface area contributed by atoms with Crippen molar-refractivity contribution in [2.45, 2.75) is 25.3 Å². The third-order valence-electron chi connectivity index (χ3n) is 5.59. The Bertz CT molecular complexity index is 1080. The zero-order valence-electron chi connectivity index (χ0n) is 17.8. The highest BCUT2D eigenvalue weighted by Gasteiger charge is 2.29. The first-order valence-electron chi connectivity index (χ1n) is 10.6. The van der Waals surface area contributed by atoms with E-state index in [0.717, 1.165) is 22.3 Å². The maximum Gasteiger partial charge on any atom is 0.407 e. The van der Waals surface area contributed by atoms with Gasteiger partial charge in [0.25, 0.3) is 0 Å². The summed E-state index contributed by atoms with van der Waals surface area (Å²) in [6.45, 7) is 2.53. The molecule has 0 heterocycles. The summed E-state index contributed by atoms with van der Waals surface area (Å²) in [5, 5.41) is 12.0. The fourth-order valence-electron chi connectivity index (χ4n) is 4.20. The van der Waals surface area contributed by atoms with E-state index < -0.39 is 18.1 Å². The number of ether oxygens (including phenoxy) is 2. The summed E-state index contributed by atoms with van der Waals surface area (Å²) >= 11 is 0. The fraction of sp³-hybridized carbons (Fsp3) is 0.231. The molecule has 1 atom stereocenters. The van der Waals surface area contributed by atoms with E-state index in [2.05, 4.69) is 17.4 Å². The van der Waals surface area contributed by atoms with Crippen LogP contribution in [0.15, 0.2) is 72.8 Å². The number of hydrogen-bond donors (Lipinski definition) is 2. The average Bonchev–Trinajstić information content (AvgIpc) is 3.11. The first-order chi connectivity index (χ1) is 15.6. The molecule has 32 heavy (non-hydrogen) atoms. The van der Waals surface area contributed by atoms with Crippen LogP contribution in [0.25, 0.3) is 11.1 Å². The monoisotopic (exact) mass is 431 g/mol. The zero-order chi connectivity index (χ0) is 22.5. The van der Waals surface area contributed by atoms with E-state index >= 15 is 0 Å². The smallest absolute Gasteiger partial charge is 0.407 e. The van der Waals surface area contributed by atoms with Crippen LogP contribution in [-0.2, 0) is 9.53 Å². The number of nitrogens with one attached hydrogen (secondary N) is 1. The lowest BCUT2D eigenvalue weighted by atomic mass is 9.98. The lowest BCUT2D eigenvalue weighted by molar-refractivity contribution is -0.137. The molecule has 0 aliphatic heterocycles. The van der Waals surface area contributed by atoms with Gasteiger partial charge >= 0.3 is 12.1 Å². The molecule has 3 aromatic rings. The number of aliphatic carboxylic acids is 1. The Morgan fingerprint density at radius 3 is 2.25 bits per heavy atom. The molecule has 1 aliphatic carbocycles. The van der Waals surface area contributed by atoms with Gasteiger partial charge in [0.15, 0.2) is 0 Å². The number of alkyl carbamates (subject to hydrolysis) is 1. The molecule has 4 rings (SSSR count). The molecule has 1 amide bonds. The van der Waals surface area contributed by atoms with E-state index in [9.17, 15) is 14.7 Å². The van der Waals surface area contributed by atoms with Crippen molar-refractivity contribution in [3.63, 3.8) is 0 Å². The van der Waals surface area contributed by atoms with E-state index in [1.54, 1.807) is 24.3 Å². The molecular formula is C26H25NO5. The van der Waals surface area contributed by atoms with Gasteiger partial charge in [-0.05, 0) is 46.9 Å². The highest BCUT2D eigenvalue weighted by atomic mass is 16.5. The number of fused-ring (bicyclic) bond motifs is 3. The molecule has 0 aromatic heterocycles. The molecule has 2 N–H and O–H groups in total. The molecule has 0 bridgehead atoms. The van der Waals surface area contributed by atoms with Crippen molar-refractivity contribution < 1.29 is 24.2 Å². The van der Waals surface area contributed by atoms with E-state index in [-0.39, 0.29) is 18.9 Å². The summed E-state index contributed by atoms with van der Waals surface area (Å²) in [5.41, 5.74) is 5.18. The summed E-state index contributed by atoms with van der Waals surface area (Å²) in [6.07, 6.45) is -0.917. The first-order valence-corrected chi connectivity index (χ1v) is 10.6. The van der Waals surface area contributed by atoms with Crippen LogP contribution < -0.4 is 10.1 Å². The zero-order valence-corrected chi connectivity index (χ0v) is 17.8. The van der Waals surface area contributed by atoms with Crippen LogP contribution in [0.2, 0.25) is 0 Å². The van der Waals surface area contributed by atoms with E-state index in [1.165, 1.54) is 0 Å². The highest BCUT2D eigenvalue weighted by molar-refractivity contribution is 5.79. The van der Waals surface area contributed by atoms with Gasteiger partial charge in [0, 0.05) is 5.92 Å². The summed E-state index contributed by atoms with van der Waals surface area (Å²) in [7, 11) is 0. The second-order valence-corrected chi connectivity index (χ2v) is 7.63. The van der Waals surface area contributed by atoms with Gasteiger partial charge in [-0.1, -0.05) is 60.7 Å². The number of carboxylic acids is 1. The number of rotatable bonds is 8. The van der Waals surface area contributed by atoms with Gasteiger partial charge in [-0.3, -0.25) is 4.79 Å². The van der Waals surface area contributed by atoms with E-state index in [0.29, 0.717) is 17.9 Å². The summed E-state index contributed by atoms with van der Waals surface area (Å²) in [5.74, 6) is -0.460. The average molecular weight is 431 g/mol. The molecule has 0 radical (unpaired) electrons. The Labute approximate surface area is 186 Å². The van der Waals surface area contributed by atoms with Crippen molar-refractivity contribution in [2.75, 3.05) is 13.2 Å². The van der Waals surface area contributed by atoms with Gasteiger partial charge < -0.3 is 19.9 Å². The molecule has 0 unspecified atom stereocenters. The lowest BCUT2D eigenvalue weighted by Gasteiger charge is -2.20. The quantitative estimate of drug-likeness (QED) is 0.516. The van der Waals surface area contributed by atoms with Gasteiger partial charge in [-0.2, -0.15) is 0 Å². The first kappa shape index (κ1) is 21.4. The molecule has 0 saturated carbocycles. The largest absolute Gasteiger partial charge is 0.494 e. The number of carbonyl (C=O) groups excluding carboxylic acids is 1. The predicted molar refractivity (Wildman–Crippen MR) is 121 cm³/mol. The Morgan fingerprint density at radius 2 is 1.62 bits per heavy atom. The number of hydrogen-bond acceptors (Lipinski definition) is 4. The molecule has 3 aromatic carbocycles. The van der Waals surface area contributed by atoms with Crippen molar-refractivity contribution in [1.82, 2.24) is 5.32 Å². The molecular weight excluding hydrogens is 406 g/mol. The Balaban J connectivity index is 1.47. The van der Waals surface area contributed by atoms with Crippen LogP contribution >= 0.6 is 0 Å². The molecule has 0 spiro atoms. The van der Waals surface area contributed by atoms with Gasteiger partial charge in [-0.15, -0.1) is 0 Å². The van der Waals surface area contributed by atoms with Crippen molar-refractivity contribution >= 4 is 12.1 Å². The fourth-order valence-corrected chi connectivity index (χ4v) is 4.20. The predicted octanol–water partition coefficient (Wildman–Crippen LogP) is 5.14. The van der Waals surface area contributed by atoms with Crippen molar-refractivity contribution in [2.24, 2.45) is 0 Å². The third kappa shape index (κ3) is 4.59. The lowest BCUT2D eigenvalue weighted by Crippen LogP contribution is -2.31. The normalized spacial score (nSPS) is 13.0. The minimum Gasteiger partial charge on any atom is -0.494 e. The molecule has 0 saturated heterocycles. The second-order valence-electron chi connectivity index (χ2n) is 7.63. The van der Waals surface area contributed by atoms with Crippen LogP contribution in [0.1, 0.15) is 42.0 Å². The van der Waals surface area contributed by atoms with Crippen LogP contribution in [0.4, 0.5) is 4.79 Å². The molecule has 1 aliphatic rings. The molecule has 164 valence electrons. The number of carboxylic acid groups (broad SMARTS) is 1. The molecule has 6 heteroatoms. The van der Waals surface area contributed by atoms with Gasteiger partial charge in [-0.25, -0.2) is 4.79 Å². The number of carbonyl (C=O) groups is 2. The van der Waals surface area contributed by atoms with Gasteiger partial charge in [0.05, 0.1) is 19.1 Å². The Hall–Kier alpha value is -3.80. The molecule has 0 fully saturated rings. The van der Waals surface area contributed by atoms with E-state index in [1.807, 2.05) is 43.3 Å². The number of benzene rings is 3. The minimum atomic E-state index is -1.02. The minimum absolute atomic E-state index is 0.0626. The van der Waals surface area contributed by atoms with Crippen molar-refractivity contribution in [3.8, 4) is 16.9 Å². The summed E-state index contributed by atoms with van der Waals surface area (Å²) < 4.78 is 11.1.